The first kappa shape index (κ1) is 17.4. The van der Waals surface area contributed by atoms with E-state index in [0.29, 0.717) is 32.1 Å². The van der Waals surface area contributed by atoms with Gasteiger partial charge in [0, 0.05) is 39.4 Å². The molecule has 1 aromatic carbocycles. The zero-order valence-electron chi connectivity index (χ0n) is 12.7. The molecule has 21 heavy (non-hydrogen) atoms. The first-order valence-electron chi connectivity index (χ1n) is 6.94. The summed E-state index contributed by atoms with van der Waals surface area (Å²) in [5, 5.41) is 5.96. The zero-order chi connectivity index (χ0) is 15.3. The van der Waals surface area contributed by atoms with Crippen molar-refractivity contribution in [2.45, 2.75) is 6.54 Å². The third kappa shape index (κ3) is 7.65. The second-order valence-corrected chi connectivity index (χ2v) is 4.41. The van der Waals surface area contributed by atoms with Gasteiger partial charge in [-0.05, 0) is 6.07 Å². The Kier molecular flexibility index (Phi) is 9.19. The normalized spacial score (nSPS) is 10.4. The minimum atomic E-state index is -0.158. The van der Waals surface area contributed by atoms with Gasteiger partial charge in [-0.1, -0.05) is 18.2 Å². The predicted molar refractivity (Wildman–Crippen MR) is 80.4 cm³/mol. The van der Waals surface area contributed by atoms with Gasteiger partial charge in [-0.3, -0.25) is 4.79 Å². The van der Waals surface area contributed by atoms with Gasteiger partial charge in [0.1, 0.15) is 5.75 Å². The lowest BCUT2D eigenvalue weighted by Crippen LogP contribution is -2.31. The number of carbonyl (C=O) groups excluding carboxylic acids is 1. The number of methoxy groups -OCH3 is 2. The fourth-order valence-electron chi connectivity index (χ4n) is 1.67. The molecule has 0 heterocycles. The van der Waals surface area contributed by atoms with Gasteiger partial charge in [-0.15, -0.1) is 0 Å². The van der Waals surface area contributed by atoms with Crippen molar-refractivity contribution in [3.8, 4) is 5.75 Å². The largest absolute Gasteiger partial charge is 0.483 e. The fraction of sp³-hybridized carbons (Fsp3) is 0.533. The van der Waals surface area contributed by atoms with Gasteiger partial charge in [0.2, 0.25) is 0 Å². The molecule has 0 aliphatic heterocycles. The lowest BCUT2D eigenvalue weighted by molar-refractivity contribution is -0.123. The lowest BCUT2D eigenvalue weighted by Gasteiger charge is -2.12. The molecule has 0 saturated heterocycles. The highest BCUT2D eigenvalue weighted by atomic mass is 16.5. The van der Waals surface area contributed by atoms with Crippen LogP contribution in [0.3, 0.4) is 0 Å². The smallest absolute Gasteiger partial charge is 0.258 e. The molecule has 0 radical (unpaired) electrons. The highest BCUT2D eigenvalue weighted by Crippen LogP contribution is 2.17. The van der Waals surface area contributed by atoms with Crippen LogP contribution in [0.2, 0.25) is 0 Å². The Morgan fingerprint density at radius 3 is 2.57 bits per heavy atom. The Labute approximate surface area is 125 Å². The Balaban J connectivity index is 2.38. The van der Waals surface area contributed by atoms with Crippen LogP contribution in [0.1, 0.15) is 5.56 Å². The molecule has 0 unspecified atom stereocenters. The second-order valence-electron chi connectivity index (χ2n) is 4.41. The summed E-state index contributed by atoms with van der Waals surface area (Å²) in [5.74, 6) is 0.554. The van der Waals surface area contributed by atoms with E-state index >= 15 is 0 Å². The summed E-state index contributed by atoms with van der Waals surface area (Å²) in [5.41, 5.74) is 1.01. The Morgan fingerprint density at radius 2 is 1.81 bits per heavy atom. The van der Waals surface area contributed by atoms with Crippen molar-refractivity contribution >= 4 is 5.91 Å². The van der Waals surface area contributed by atoms with Crippen LogP contribution < -0.4 is 15.4 Å². The summed E-state index contributed by atoms with van der Waals surface area (Å²) >= 11 is 0. The van der Waals surface area contributed by atoms with E-state index in [9.17, 15) is 4.79 Å². The number of benzene rings is 1. The number of hydrogen-bond acceptors (Lipinski definition) is 5. The maximum Gasteiger partial charge on any atom is 0.258 e. The number of carbonyl (C=O) groups is 1. The van der Waals surface area contributed by atoms with E-state index in [-0.39, 0.29) is 12.5 Å². The van der Waals surface area contributed by atoms with Crippen molar-refractivity contribution in [2.75, 3.05) is 47.1 Å². The summed E-state index contributed by atoms with van der Waals surface area (Å²) < 4.78 is 15.4. The average molecular weight is 296 g/mol. The average Bonchev–Trinajstić information content (AvgIpc) is 2.51. The van der Waals surface area contributed by atoms with Crippen molar-refractivity contribution < 1.29 is 19.0 Å². The van der Waals surface area contributed by atoms with Crippen molar-refractivity contribution in [3.05, 3.63) is 29.8 Å². The van der Waals surface area contributed by atoms with Crippen LogP contribution in [0.15, 0.2) is 24.3 Å². The van der Waals surface area contributed by atoms with E-state index in [1.54, 1.807) is 14.2 Å². The summed E-state index contributed by atoms with van der Waals surface area (Å²) in [6.07, 6.45) is 0. The van der Waals surface area contributed by atoms with Gasteiger partial charge in [0.25, 0.3) is 5.91 Å². The third-order valence-corrected chi connectivity index (χ3v) is 2.76. The van der Waals surface area contributed by atoms with Crippen molar-refractivity contribution in [1.29, 1.82) is 0 Å². The molecular weight excluding hydrogens is 272 g/mol. The molecule has 1 rings (SSSR count). The summed E-state index contributed by atoms with van der Waals surface area (Å²) in [6, 6.07) is 7.66. The van der Waals surface area contributed by atoms with Crippen LogP contribution in [0.4, 0.5) is 0 Å². The molecule has 0 aliphatic rings. The molecule has 2 N–H and O–H groups in total. The molecule has 6 nitrogen and oxygen atoms in total. The van der Waals surface area contributed by atoms with Crippen molar-refractivity contribution in [3.63, 3.8) is 0 Å². The van der Waals surface area contributed by atoms with E-state index in [1.165, 1.54) is 0 Å². The number of nitrogens with one attached hydrogen (secondary N) is 2. The lowest BCUT2D eigenvalue weighted by atomic mass is 10.2. The summed E-state index contributed by atoms with van der Waals surface area (Å²) in [6.45, 7) is 3.07. The number of para-hydroxylation sites is 1. The molecule has 0 aromatic heterocycles. The molecule has 0 spiro atoms. The molecule has 6 heteroatoms. The van der Waals surface area contributed by atoms with E-state index in [1.807, 2.05) is 24.3 Å². The van der Waals surface area contributed by atoms with Gasteiger partial charge >= 0.3 is 0 Å². The van der Waals surface area contributed by atoms with Crippen LogP contribution in [-0.2, 0) is 20.8 Å². The molecule has 1 amide bonds. The van der Waals surface area contributed by atoms with Crippen LogP contribution >= 0.6 is 0 Å². The molecule has 0 aliphatic carbocycles. The number of ether oxygens (including phenoxy) is 3. The molecule has 118 valence electrons. The first-order valence-corrected chi connectivity index (χ1v) is 6.94. The van der Waals surface area contributed by atoms with Crippen molar-refractivity contribution in [2.24, 2.45) is 0 Å². The van der Waals surface area contributed by atoms with Gasteiger partial charge in [-0.2, -0.15) is 0 Å². The summed E-state index contributed by atoms with van der Waals surface area (Å²) in [7, 11) is 3.26. The van der Waals surface area contributed by atoms with E-state index < -0.39 is 0 Å². The highest BCUT2D eigenvalue weighted by molar-refractivity contribution is 5.77. The topological polar surface area (TPSA) is 68.8 Å². The summed E-state index contributed by atoms with van der Waals surface area (Å²) in [4.78, 5) is 11.6. The molecule has 0 bridgehead atoms. The Hall–Kier alpha value is -1.63. The molecule has 0 saturated carbocycles. The van der Waals surface area contributed by atoms with Crippen LogP contribution in [0.25, 0.3) is 0 Å². The van der Waals surface area contributed by atoms with Crippen LogP contribution in [0, 0.1) is 0 Å². The van der Waals surface area contributed by atoms with Gasteiger partial charge in [0.15, 0.2) is 6.61 Å². The van der Waals surface area contributed by atoms with Gasteiger partial charge in [-0.25, -0.2) is 0 Å². The maximum atomic E-state index is 11.6. The number of rotatable bonds is 11. The van der Waals surface area contributed by atoms with Crippen LogP contribution in [0.5, 0.6) is 5.75 Å². The van der Waals surface area contributed by atoms with Crippen molar-refractivity contribution in [1.82, 2.24) is 10.6 Å². The molecular formula is C15H24N2O4. The minimum Gasteiger partial charge on any atom is -0.483 e. The molecule has 0 fully saturated rings. The van der Waals surface area contributed by atoms with Crippen LogP contribution in [-0.4, -0.2) is 53.0 Å². The number of hydrogen-bond donors (Lipinski definition) is 2. The third-order valence-electron chi connectivity index (χ3n) is 2.76. The Bertz CT molecular complexity index is 412. The van der Waals surface area contributed by atoms with E-state index in [2.05, 4.69) is 10.6 Å². The quantitative estimate of drug-likeness (QED) is 0.584. The highest BCUT2D eigenvalue weighted by Gasteiger charge is 2.06. The SMILES string of the molecule is COCCNCc1ccccc1OCC(=O)NCCOC. The molecule has 1 aromatic rings. The fourth-order valence-corrected chi connectivity index (χ4v) is 1.67. The zero-order valence-corrected chi connectivity index (χ0v) is 12.7. The predicted octanol–water partition coefficient (Wildman–Crippen LogP) is 0.564. The maximum absolute atomic E-state index is 11.6. The Morgan fingerprint density at radius 1 is 1.10 bits per heavy atom. The minimum absolute atomic E-state index is 0.00119. The van der Waals surface area contributed by atoms with Gasteiger partial charge < -0.3 is 24.8 Å². The van der Waals surface area contributed by atoms with E-state index in [0.717, 1.165) is 12.1 Å². The monoisotopic (exact) mass is 296 g/mol. The number of amides is 1. The standard InChI is InChI=1S/C15H24N2O4/c1-19-9-7-16-11-13-5-3-4-6-14(13)21-12-15(18)17-8-10-20-2/h3-6,16H,7-12H2,1-2H3,(H,17,18). The molecule has 0 atom stereocenters. The van der Waals surface area contributed by atoms with E-state index in [4.69, 9.17) is 14.2 Å². The second kappa shape index (κ2) is 11.1. The van der Waals surface area contributed by atoms with Gasteiger partial charge in [0.05, 0.1) is 13.2 Å². The first-order chi connectivity index (χ1) is 10.3.